The third-order valence-corrected chi connectivity index (χ3v) is 7.38. The van der Waals surface area contributed by atoms with Crippen LogP contribution in [0.2, 0.25) is 0 Å². The molecule has 0 aliphatic carbocycles. The number of aryl methyl sites for hydroxylation is 2. The zero-order chi connectivity index (χ0) is 24.9. The molecule has 7 rings (SSSR count). The molecule has 0 saturated carbocycles. The Bertz CT molecular complexity index is 1880. The lowest BCUT2D eigenvalue weighted by atomic mass is 9.87. The quantitative estimate of drug-likeness (QED) is 0.188. The smallest absolute Gasteiger partial charge is 0.204 e. The summed E-state index contributed by atoms with van der Waals surface area (Å²) >= 11 is 0. The predicted octanol–water partition coefficient (Wildman–Crippen LogP) is 7.77. The van der Waals surface area contributed by atoms with Gasteiger partial charge >= 0.3 is 0 Å². The van der Waals surface area contributed by atoms with Crippen molar-refractivity contribution < 1.29 is 4.68 Å². The molecule has 0 fully saturated rings. The number of benzene rings is 4. The fourth-order valence-corrected chi connectivity index (χ4v) is 5.76. The molecule has 3 aromatic heterocycles. The third kappa shape index (κ3) is 3.28. The van der Waals surface area contributed by atoms with Gasteiger partial charge in [0, 0.05) is 22.5 Å². The number of fused-ring (bicyclic) bond motifs is 6. The van der Waals surface area contributed by atoms with Crippen LogP contribution in [0.4, 0.5) is 0 Å². The van der Waals surface area contributed by atoms with Crippen LogP contribution in [0.5, 0.6) is 0 Å². The van der Waals surface area contributed by atoms with E-state index in [1.165, 1.54) is 55.2 Å². The summed E-state index contributed by atoms with van der Waals surface area (Å²) in [6, 6.07) is 38.9. The molecule has 0 aliphatic heterocycles. The van der Waals surface area contributed by atoms with E-state index in [9.17, 15) is 0 Å². The largest absolute Gasteiger partial charge is 0.254 e. The van der Waals surface area contributed by atoms with Gasteiger partial charge < -0.3 is 0 Å². The summed E-state index contributed by atoms with van der Waals surface area (Å²) in [5.41, 5.74) is 11.9. The molecule has 0 amide bonds. The SMILES string of the molecule is Cc1ccnc2c3ccccc3c3c(-c4c(-c5ccccc5)cccc4-c4ccccc4)c[n+](C)n3c12. The van der Waals surface area contributed by atoms with Gasteiger partial charge in [-0.25, -0.2) is 0 Å². The summed E-state index contributed by atoms with van der Waals surface area (Å²) in [5.74, 6) is 0. The average Bonchev–Trinajstić information content (AvgIpc) is 3.30. The molecule has 0 unspecified atom stereocenters. The van der Waals surface area contributed by atoms with Gasteiger partial charge in [0.15, 0.2) is 7.05 Å². The van der Waals surface area contributed by atoms with Crippen molar-refractivity contribution in [2.75, 3.05) is 0 Å². The Balaban J connectivity index is 1.71. The highest BCUT2D eigenvalue weighted by molar-refractivity contribution is 6.15. The Morgan fingerprint density at radius 3 is 1.84 bits per heavy atom. The molecule has 0 saturated heterocycles. The Morgan fingerprint density at radius 2 is 1.19 bits per heavy atom. The lowest BCUT2D eigenvalue weighted by Gasteiger charge is -2.15. The normalized spacial score (nSPS) is 11.5. The van der Waals surface area contributed by atoms with Crippen LogP contribution in [-0.2, 0) is 7.05 Å². The van der Waals surface area contributed by atoms with Gasteiger partial charge in [-0.2, -0.15) is 0 Å². The van der Waals surface area contributed by atoms with Crippen molar-refractivity contribution in [3.8, 4) is 33.4 Å². The highest BCUT2D eigenvalue weighted by atomic mass is 15.3. The van der Waals surface area contributed by atoms with Crippen LogP contribution >= 0.6 is 0 Å². The summed E-state index contributed by atoms with van der Waals surface area (Å²) in [5, 5.41) is 2.37. The van der Waals surface area contributed by atoms with E-state index in [4.69, 9.17) is 4.98 Å². The Kier molecular flexibility index (Phi) is 4.90. The third-order valence-electron chi connectivity index (χ3n) is 7.38. The van der Waals surface area contributed by atoms with Crippen LogP contribution in [0.1, 0.15) is 5.56 Å². The molecule has 4 aromatic carbocycles. The first-order valence-corrected chi connectivity index (χ1v) is 12.6. The van der Waals surface area contributed by atoms with E-state index < -0.39 is 0 Å². The maximum atomic E-state index is 4.84. The molecule has 7 aromatic rings. The number of aromatic nitrogens is 3. The van der Waals surface area contributed by atoms with E-state index in [0.29, 0.717) is 0 Å². The van der Waals surface area contributed by atoms with Crippen molar-refractivity contribution in [2.24, 2.45) is 7.05 Å². The van der Waals surface area contributed by atoms with E-state index in [1.807, 2.05) is 6.20 Å². The van der Waals surface area contributed by atoms with Gasteiger partial charge in [0.05, 0.1) is 5.56 Å². The minimum absolute atomic E-state index is 1.03. The minimum Gasteiger partial charge on any atom is -0.254 e. The second-order valence-electron chi connectivity index (χ2n) is 9.61. The highest BCUT2D eigenvalue weighted by Gasteiger charge is 2.26. The summed E-state index contributed by atoms with van der Waals surface area (Å²) in [4.78, 5) is 4.84. The molecule has 176 valence electrons. The summed E-state index contributed by atoms with van der Waals surface area (Å²) in [6.45, 7) is 2.17. The molecule has 0 aliphatic rings. The second kappa shape index (κ2) is 8.42. The van der Waals surface area contributed by atoms with Crippen molar-refractivity contribution in [1.29, 1.82) is 0 Å². The molecule has 37 heavy (non-hydrogen) atoms. The van der Waals surface area contributed by atoms with Crippen LogP contribution in [0.3, 0.4) is 0 Å². The molecule has 3 heteroatoms. The van der Waals surface area contributed by atoms with E-state index >= 15 is 0 Å². The maximum Gasteiger partial charge on any atom is 0.204 e. The average molecular weight is 477 g/mol. The van der Waals surface area contributed by atoms with Gasteiger partial charge in [-0.05, 0) is 40.8 Å². The fraction of sp³-hybridized carbons (Fsp3) is 0.0588. The van der Waals surface area contributed by atoms with Crippen LogP contribution < -0.4 is 4.68 Å². The van der Waals surface area contributed by atoms with Crippen LogP contribution in [-0.4, -0.2) is 9.50 Å². The van der Waals surface area contributed by atoms with E-state index in [1.54, 1.807) is 0 Å². The van der Waals surface area contributed by atoms with Gasteiger partial charge in [-0.1, -0.05) is 103 Å². The summed E-state index contributed by atoms with van der Waals surface area (Å²) in [6.07, 6.45) is 4.19. The molecular weight excluding hydrogens is 450 g/mol. The number of pyridine rings is 2. The Hall–Kier alpha value is -4.76. The molecule has 0 N–H and O–H groups in total. The van der Waals surface area contributed by atoms with Crippen molar-refractivity contribution >= 4 is 27.3 Å². The molecule has 0 radical (unpaired) electrons. The first-order chi connectivity index (χ1) is 18.2. The molecule has 0 bridgehead atoms. The lowest BCUT2D eigenvalue weighted by molar-refractivity contribution is -0.735. The molecule has 0 atom stereocenters. The van der Waals surface area contributed by atoms with Crippen molar-refractivity contribution in [3.05, 3.63) is 127 Å². The molecule has 0 spiro atoms. The van der Waals surface area contributed by atoms with E-state index in [-0.39, 0.29) is 0 Å². The zero-order valence-corrected chi connectivity index (χ0v) is 20.9. The second-order valence-corrected chi connectivity index (χ2v) is 9.61. The van der Waals surface area contributed by atoms with Crippen molar-refractivity contribution in [2.45, 2.75) is 6.92 Å². The predicted molar refractivity (Wildman–Crippen MR) is 152 cm³/mol. The molecule has 3 heterocycles. The molecular formula is C34H26N3+. The van der Waals surface area contributed by atoms with Gasteiger partial charge in [-0.15, -0.1) is 9.20 Å². The number of nitrogens with zero attached hydrogens (tertiary/aromatic N) is 3. The molecule has 3 nitrogen and oxygen atoms in total. The number of rotatable bonds is 3. The minimum atomic E-state index is 1.03. The van der Waals surface area contributed by atoms with Gasteiger partial charge in [0.25, 0.3) is 0 Å². The van der Waals surface area contributed by atoms with Crippen molar-refractivity contribution in [1.82, 2.24) is 9.50 Å². The Morgan fingerprint density at radius 1 is 0.595 bits per heavy atom. The van der Waals surface area contributed by atoms with Gasteiger partial charge in [0.2, 0.25) is 6.20 Å². The first-order valence-electron chi connectivity index (χ1n) is 12.6. The standard InChI is InChI=1S/C34H26N3/c1-23-20-21-35-32-28-16-9-10-17-29(28)34-30(22-36(2)37(34)33(23)32)31-26(24-12-5-3-6-13-24)18-11-19-27(31)25-14-7-4-8-15-25/h3-22H,1-2H3/q+1. The fourth-order valence-electron chi connectivity index (χ4n) is 5.76. The first kappa shape index (κ1) is 21.5. The lowest BCUT2D eigenvalue weighted by Crippen LogP contribution is -2.34. The van der Waals surface area contributed by atoms with Crippen LogP contribution in [0.15, 0.2) is 122 Å². The van der Waals surface area contributed by atoms with Crippen LogP contribution in [0.25, 0.3) is 60.7 Å². The zero-order valence-electron chi connectivity index (χ0n) is 20.9. The monoisotopic (exact) mass is 476 g/mol. The van der Waals surface area contributed by atoms with Gasteiger partial charge in [-0.3, -0.25) is 4.98 Å². The summed E-state index contributed by atoms with van der Waals surface area (Å²) < 4.78 is 4.55. The van der Waals surface area contributed by atoms with E-state index in [2.05, 4.69) is 139 Å². The van der Waals surface area contributed by atoms with E-state index in [0.717, 1.165) is 11.0 Å². The number of hydrogen-bond donors (Lipinski definition) is 0. The summed E-state index contributed by atoms with van der Waals surface area (Å²) in [7, 11) is 2.13. The number of hydrogen-bond acceptors (Lipinski definition) is 1. The van der Waals surface area contributed by atoms with Gasteiger partial charge in [0.1, 0.15) is 16.6 Å². The van der Waals surface area contributed by atoms with Crippen LogP contribution in [0, 0.1) is 6.92 Å². The maximum absolute atomic E-state index is 4.84. The topological polar surface area (TPSA) is 21.2 Å². The highest BCUT2D eigenvalue weighted by Crippen LogP contribution is 2.43. The van der Waals surface area contributed by atoms with Crippen molar-refractivity contribution in [3.63, 3.8) is 0 Å². The Labute approximate surface area is 215 Å².